The lowest BCUT2D eigenvalue weighted by molar-refractivity contribution is -0.143. The Labute approximate surface area is 142 Å². The maximum absolute atomic E-state index is 11.9. The third kappa shape index (κ3) is 7.41. The number of nitrogens with one attached hydrogen (secondary N) is 1. The van der Waals surface area contributed by atoms with Crippen LogP contribution in [0.2, 0.25) is 0 Å². The summed E-state index contributed by atoms with van der Waals surface area (Å²) in [5.74, 6) is -0.561. The van der Waals surface area contributed by atoms with Crippen LogP contribution in [0, 0.1) is 0 Å². The molecule has 2 N–H and O–H groups in total. The van der Waals surface area contributed by atoms with E-state index in [1.165, 1.54) is 7.11 Å². The first-order chi connectivity index (χ1) is 11.1. The van der Waals surface area contributed by atoms with Gasteiger partial charge in [-0.2, -0.15) is 0 Å². The van der Waals surface area contributed by atoms with Gasteiger partial charge in [0, 0.05) is 24.7 Å². The van der Waals surface area contributed by atoms with Crippen LogP contribution in [-0.4, -0.2) is 47.0 Å². The van der Waals surface area contributed by atoms with Gasteiger partial charge in [0.05, 0.1) is 13.2 Å². The van der Waals surface area contributed by atoms with E-state index in [0.29, 0.717) is 6.42 Å². The molecule has 0 aliphatic carbocycles. The molecule has 24 heavy (non-hydrogen) atoms. The van der Waals surface area contributed by atoms with Crippen molar-refractivity contribution < 1.29 is 24.2 Å². The number of pyridine rings is 1. The van der Waals surface area contributed by atoms with Crippen molar-refractivity contribution in [3.63, 3.8) is 0 Å². The standard InChI is InChI=1S/C17H26N2O5/c1-11(20)8-13-7-6-12(10-18-13)9-14(15(21)23-5)19-16(22)24-17(2,3)4/h6-7,10-11,14,20H,8-9H2,1-5H3,(H,19,22)/t11?,14-/m0/s1. The second-order valence-electron chi connectivity index (χ2n) is 6.64. The van der Waals surface area contributed by atoms with Crippen LogP contribution in [0.15, 0.2) is 18.3 Å². The SMILES string of the molecule is COC(=O)[C@H](Cc1ccc(CC(C)O)nc1)NC(=O)OC(C)(C)C. The number of hydrogen-bond donors (Lipinski definition) is 2. The van der Waals surface area contributed by atoms with E-state index in [-0.39, 0.29) is 6.42 Å². The molecule has 1 unspecified atom stereocenters. The van der Waals surface area contributed by atoms with Crippen molar-refractivity contribution in [1.82, 2.24) is 10.3 Å². The average Bonchev–Trinajstić information content (AvgIpc) is 2.45. The lowest BCUT2D eigenvalue weighted by Gasteiger charge is -2.22. The number of alkyl carbamates (subject to hydrolysis) is 1. The third-order valence-corrected chi connectivity index (χ3v) is 3.01. The molecule has 0 aliphatic rings. The molecule has 7 nitrogen and oxygen atoms in total. The zero-order chi connectivity index (χ0) is 18.3. The monoisotopic (exact) mass is 338 g/mol. The highest BCUT2D eigenvalue weighted by atomic mass is 16.6. The number of rotatable bonds is 6. The Morgan fingerprint density at radius 1 is 1.29 bits per heavy atom. The number of ether oxygens (including phenoxy) is 2. The number of aromatic nitrogens is 1. The van der Waals surface area contributed by atoms with E-state index >= 15 is 0 Å². The fraction of sp³-hybridized carbons (Fsp3) is 0.588. The maximum Gasteiger partial charge on any atom is 0.408 e. The van der Waals surface area contributed by atoms with Gasteiger partial charge in [0.2, 0.25) is 0 Å². The van der Waals surface area contributed by atoms with Crippen LogP contribution in [0.25, 0.3) is 0 Å². The van der Waals surface area contributed by atoms with Crippen LogP contribution < -0.4 is 5.32 Å². The number of hydrogen-bond acceptors (Lipinski definition) is 6. The topological polar surface area (TPSA) is 97.8 Å². The Kier molecular flexibility index (Phi) is 7.16. The maximum atomic E-state index is 11.9. The first-order valence-corrected chi connectivity index (χ1v) is 7.80. The van der Waals surface area contributed by atoms with Crippen molar-refractivity contribution in [2.45, 2.75) is 58.3 Å². The lowest BCUT2D eigenvalue weighted by Crippen LogP contribution is -2.45. The molecule has 1 heterocycles. The number of amides is 1. The van der Waals surface area contributed by atoms with Crippen molar-refractivity contribution in [3.05, 3.63) is 29.6 Å². The molecule has 0 saturated carbocycles. The number of methoxy groups -OCH3 is 1. The first kappa shape index (κ1) is 19.9. The smallest absolute Gasteiger partial charge is 0.408 e. The highest BCUT2D eigenvalue weighted by molar-refractivity contribution is 5.81. The molecular weight excluding hydrogens is 312 g/mol. The summed E-state index contributed by atoms with van der Waals surface area (Å²) in [5.41, 5.74) is 0.855. The Morgan fingerprint density at radius 2 is 1.96 bits per heavy atom. The Hall–Kier alpha value is -2.15. The number of carbonyl (C=O) groups excluding carboxylic acids is 2. The quantitative estimate of drug-likeness (QED) is 0.765. The summed E-state index contributed by atoms with van der Waals surface area (Å²) >= 11 is 0. The summed E-state index contributed by atoms with van der Waals surface area (Å²) in [6, 6.07) is 2.72. The summed E-state index contributed by atoms with van der Waals surface area (Å²) in [6.45, 7) is 6.91. The third-order valence-electron chi connectivity index (χ3n) is 3.01. The minimum absolute atomic E-state index is 0.230. The molecule has 134 valence electrons. The molecule has 0 saturated heterocycles. The van der Waals surface area contributed by atoms with Gasteiger partial charge >= 0.3 is 12.1 Å². The van der Waals surface area contributed by atoms with Gasteiger partial charge in [-0.3, -0.25) is 4.98 Å². The summed E-state index contributed by atoms with van der Waals surface area (Å²) < 4.78 is 9.89. The van der Waals surface area contributed by atoms with Gasteiger partial charge < -0.3 is 19.9 Å². The van der Waals surface area contributed by atoms with Gasteiger partial charge in [0.15, 0.2) is 0 Å². The van der Waals surface area contributed by atoms with Crippen molar-refractivity contribution >= 4 is 12.1 Å². The molecule has 1 aromatic rings. The van der Waals surface area contributed by atoms with E-state index in [4.69, 9.17) is 9.47 Å². The van der Waals surface area contributed by atoms with E-state index in [1.807, 2.05) is 0 Å². The molecule has 0 spiro atoms. The van der Waals surface area contributed by atoms with Gasteiger partial charge in [0.25, 0.3) is 0 Å². The predicted octanol–water partition coefficient (Wildman–Crippen LogP) is 1.61. The summed E-state index contributed by atoms with van der Waals surface area (Å²) in [4.78, 5) is 28.0. The van der Waals surface area contributed by atoms with Gasteiger partial charge in [-0.15, -0.1) is 0 Å². The zero-order valence-corrected chi connectivity index (χ0v) is 14.8. The van der Waals surface area contributed by atoms with E-state index < -0.39 is 29.8 Å². The fourth-order valence-electron chi connectivity index (χ4n) is 2.02. The second kappa shape index (κ2) is 8.63. The van der Waals surface area contributed by atoms with Crippen LogP contribution in [0.3, 0.4) is 0 Å². The van der Waals surface area contributed by atoms with Crippen LogP contribution in [0.4, 0.5) is 4.79 Å². The number of esters is 1. The van der Waals surface area contributed by atoms with Crippen LogP contribution in [-0.2, 0) is 27.1 Å². The number of aliphatic hydroxyl groups excluding tert-OH is 1. The minimum atomic E-state index is -0.866. The van der Waals surface area contributed by atoms with E-state index in [2.05, 4.69) is 10.3 Å². The fourth-order valence-corrected chi connectivity index (χ4v) is 2.02. The van der Waals surface area contributed by atoms with Crippen molar-refractivity contribution in [1.29, 1.82) is 0 Å². The van der Waals surface area contributed by atoms with Crippen molar-refractivity contribution in [2.75, 3.05) is 7.11 Å². The Balaban J connectivity index is 2.75. The molecule has 0 aromatic carbocycles. The predicted molar refractivity (Wildman–Crippen MR) is 88.5 cm³/mol. The molecule has 0 fully saturated rings. The van der Waals surface area contributed by atoms with Gasteiger partial charge in [-0.05, 0) is 39.3 Å². The summed E-state index contributed by atoms with van der Waals surface area (Å²) in [7, 11) is 1.26. The number of nitrogens with zero attached hydrogens (tertiary/aromatic N) is 1. The first-order valence-electron chi connectivity index (χ1n) is 7.80. The normalized spacial score (nSPS) is 13.8. The van der Waals surface area contributed by atoms with Crippen LogP contribution in [0.1, 0.15) is 39.0 Å². The average molecular weight is 338 g/mol. The molecular formula is C17H26N2O5. The Morgan fingerprint density at radius 3 is 2.42 bits per heavy atom. The number of carbonyl (C=O) groups is 2. The lowest BCUT2D eigenvalue weighted by atomic mass is 10.1. The number of aliphatic hydroxyl groups is 1. The molecule has 7 heteroatoms. The van der Waals surface area contributed by atoms with Gasteiger partial charge in [0.1, 0.15) is 11.6 Å². The molecule has 1 aromatic heterocycles. The van der Waals surface area contributed by atoms with Crippen molar-refractivity contribution in [2.24, 2.45) is 0 Å². The molecule has 1 rings (SSSR count). The van der Waals surface area contributed by atoms with E-state index in [1.54, 1.807) is 46.0 Å². The van der Waals surface area contributed by atoms with Crippen LogP contribution in [0.5, 0.6) is 0 Å². The summed E-state index contributed by atoms with van der Waals surface area (Å²) in [6.07, 6.45) is 1.14. The minimum Gasteiger partial charge on any atom is -0.467 e. The van der Waals surface area contributed by atoms with Gasteiger partial charge in [-0.25, -0.2) is 9.59 Å². The largest absolute Gasteiger partial charge is 0.467 e. The highest BCUT2D eigenvalue weighted by Crippen LogP contribution is 2.10. The Bertz CT molecular complexity index is 549. The zero-order valence-electron chi connectivity index (χ0n) is 14.8. The van der Waals surface area contributed by atoms with E-state index in [0.717, 1.165) is 11.3 Å². The molecule has 0 radical (unpaired) electrons. The van der Waals surface area contributed by atoms with Crippen LogP contribution >= 0.6 is 0 Å². The highest BCUT2D eigenvalue weighted by Gasteiger charge is 2.25. The molecule has 2 atom stereocenters. The van der Waals surface area contributed by atoms with Gasteiger partial charge in [-0.1, -0.05) is 6.07 Å². The molecule has 1 amide bonds. The summed E-state index contributed by atoms with van der Waals surface area (Å²) in [5, 5.41) is 11.9. The molecule has 0 bridgehead atoms. The van der Waals surface area contributed by atoms with Crippen molar-refractivity contribution in [3.8, 4) is 0 Å². The van der Waals surface area contributed by atoms with E-state index in [9.17, 15) is 14.7 Å². The second-order valence-corrected chi connectivity index (χ2v) is 6.64. The molecule has 0 aliphatic heterocycles.